The average molecular weight is 250 g/mol. The summed E-state index contributed by atoms with van der Waals surface area (Å²) in [5, 5.41) is 0. The number of aryl methyl sites for hydroxylation is 2. The Balaban J connectivity index is 2.42. The van der Waals surface area contributed by atoms with E-state index >= 15 is 0 Å². The van der Waals surface area contributed by atoms with Gasteiger partial charge in [0.05, 0.1) is 19.3 Å². The fourth-order valence-corrected chi connectivity index (χ4v) is 2.25. The second kappa shape index (κ2) is 4.86. The van der Waals surface area contributed by atoms with Gasteiger partial charge in [-0.15, -0.1) is 0 Å². The number of hydrogen-bond donors (Lipinski definition) is 1. The van der Waals surface area contributed by atoms with Crippen molar-refractivity contribution in [1.29, 1.82) is 0 Å². The van der Waals surface area contributed by atoms with Gasteiger partial charge in [0, 0.05) is 6.54 Å². The summed E-state index contributed by atoms with van der Waals surface area (Å²) in [4.78, 5) is 13.4. The molecule has 18 heavy (non-hydrogen) atoms. The normalized spacial score (nSPS) is 19.0. The van der Waals surface area contributed by atoms with Crippen LogP contribution in [0.15, 0.2) is 12.1 Å². The van der Waals surface area contributed by atoms with Gasteiger partial charge in [0.2, 0.25) is 0 Å². The maximum Gasteiger partial charge on any atom is 0.414 e. The zero-order valence-corrected chi connectivity index (χ0v) is 10.9. The highest BCUT2D eigenvalue weighted by Crippen LogP contribution is 2.35. The molecule has 1 unspecified atom stereocenters. The first-order valence-electron chi connectivity index (χ1n) is 5.90. The lowest BCUT2D eigenvalue weighted by atomic mass is 10.1. The molecule has 0 aliphatic carbocycles. The molecule has 1 heterocycles. The standard InChI is InChI=1S/C13H18N2O3/c1-8-4-9(2)12(11(5-8)17-3)15-7-10(6-14)18-13(15)16/h4-5,10H,6-7,14H2,1-3H3. The fourth-order valence-electron chi connectivity index (χ4n) is 2.25. The third-order valence-electron chi connectivity index (χ3n) is 3.04. The average Bonchev–Trinajstić information content (AvgIpc) is 2.69. The topological polar surface area (TPSA) is 64.8 Å². The Bertz CT molecular complexity index is 474. The van der Waals surface area contributed by atoms with Gasteiger partial charge < -0.3 is 15.2 Å². The van der Waals surface area contributed by atoms with Crippen molar-refractivity contribution in [2.45, 2.75) is 20.0 Å². The number of ether oxygens (including phenoxy) is 2. The second-order valence-corrected chi connectivity index (χ2v) is 4.48. The first kappa shape index (κ1) is 12.7. The van der Waals surface area contributed by atoms with Gasteiger partial charge in [0.15, 0.2) is 0 Å². The summed E-state index contributed by atoms with van der Waals surface area (Å²) in [5.74, 6) is 0.683. The number of nitrogens with zero attached hydrogens (tertiary/aromatic N) is 1. The van der Waals surface area contributed by atoms with Crippen molar-refractivity contribution < 1.29 is 14.3 Å². The molecule has 2 rings (SSSR count). The number of carbonyl (C=O) groups excluding carboxylic acids is 1. The lowest BCUT2D eigenvalue weighted by molar-refractivity contribution is 0.145. The van der Waals surface area contributed by atoms with E-state index < -0.39 is 0 Å². The lowest BCUT2D eigenvalue weighted by Gasteiger charge is -2.19. The van der Waals surface area contributed by atoms with Crippen molar-refractivity contribution in [2.75, 3.05) is 25.1 Å². The smallest absolute Gasteiger partial charge is 0.414 e. The molecular weight excluding hydrogens is 232 g/mol. The lowest BCUT2D eigenvalue weighted by Crippen LogP contribution is -2.28. The van der Waals surface area contributed by atoms with Crippen LogP contribution in [0.3, 0.4) is 0 Å². The second-order valence-electron chi connectivity index (χ2n) is 4.48. The molecule has 98 valence electrons. The molecule has 5 heteroatoms. The summed E-state index contributed by atoms with van der Waals surface area (Å²) in [6.07, 6.45) is -0.612. The number of rotatable bonds is 3. The molecule has 1 amide bonds. The van der Waals surface area contributed by atoms with Crippen molar-refractivity contribution in [3.8, 4) is 5.75 Å². The first-order valence-corrected chi connectivity index (χ1v) is 5.90. The Morgan fingerprint density at radius 3 is 2.78 bits per heavy atom. The minimum absolute atomic E-state index is 0.247. The number of hydrogen-bond acceptors (Lipinski definition) is 4. The number of cyclic esters (lactones) is 1. The van der Waals surface area contributed by atoms with Gasteiger partial charge >= 0.3 is 6.09 Å². The van der Waals surface area contributed by atoms with Crippen LogP contribution < -0.4 is 15.4 Å². The van der Waals surface area contributed by atoms with E-state index in [-0.39, 0.29) is 12.2 Å². The molecule has 1 atom stereocenters. The number of carbonyl (C=O) groups is 1. The van der Waals surface area contributed by atoms with Crippen LogP contribution in [-0.4, -0.2) is 32.4 Å². The van der Waals surface area contributed by atoms with Gasteiger partial charge in [0.1, 0.15) is 11.9 Å². The predicted molar refractivity (Wildman–Crippen MR) is 69.1 cm³/mol. The molecule has 2 N–H and O–H groups in total. The molecule has 1 aliphatic rings. The SMILES string of the molecule is COc1cc(C)cc(C)c1N1CC(CN)OC1=O. The van der Waals surface area contributed by atoms with E-state index in [1.807, 2.05) is 26.0 Å². The largest absolute Gasteiger partial charge is 0.495 e. The minimum Gasteiger partial charge on any atom is -0.495 e. The van der Waals surface area contributed by atoms with Crippen LogP contribution in [-0.2, 0) is 4.74 Å². The summed E-state index contributed by atoms with van der Waals surface area (Å²) in [5.41, 5.74) is 8.38. The Morgan fingerprint density at radius 1 is 1.50 bits per heavy atom. The molecule has 0 saturated carbocycles. The third kappa shape index (κ3) is 2.13. The van der Waals surface area contributed by atoms with Gasteiger partial charge in [-0.1, -0.05) is 6.07 Å². The van der Waals surface area contributed by atoms with Crippen molar-refractivity contribution >= 4 is 11.8 Å². The molecule has 1 aromatic carbocycles. The quantitative estimate of drug-likeness (QED) is 0.885. The van der Waals surface area contributed by atoms with Crippen molar-refractivity contribution in [3.05, 3.63) is 23.3 Å². The monoisotopic (exact) mass is 250 g/mol. The van der Waals surface area contributed by atoms with Gasteiger partial charge in [-0.25, -0.2) is 4.79 Å². The van der Waals surface area contributed by atoms with Crippen molar-refractivity contribution in [2.24, 2.45) is 5.73 Å². The molecule has 1 aliphatic heterocycles. The summed E-state index contributed by atoms with van der Waals surface area (Å²) in [6, 6.07) is 3.92. The maximum absolute atomic E-state index is 11.8. The third-order valence-corrected chi connectivity index (χ3v) is 3.04. The van der Waals surface area contributed by atoms with E-state index in [0.717, 1.165) is 16.8 Å². The molecular formula is C13H18N2O3. The fraction of sp³-hybridized carbons (Fsp3) is 0.462. The van der Waals surface area contributed by atoms with Crippen molar-refractivity contribution in [1.82, 2.24) is 0 Å². The molecule has 0 aromatic heterocycles. The molecule has 1 fully saturated rings. The zero-order chi connectivity index (χ0) is 13.3. The minimum atomic E-state index is -0.365. The van der Waals surface area contributed by atoms with Gasteiger partial charge in [-0.3, -0.25) is 4.90 Å². The van der Waals surface area contributed by atoms with Gasteiger partial charge in [0.25, 0.3) is 0 Å². The molecule has 1 aromatic rings. The van der Waals surface area contributed by atoms with E-state index in [1.54, 1.807) is 12.0 Å². The van der Waals surface area contributed by atoms with Crippen LogP contribution in [0.4, 0.5) is 10.5 Å². The summed E-state index contributed by atoms with van der Waals surface area (Å²) < 4.78 is 10.5. The Labute approximate surface area is 106 Å². The molecule has 1 saturated heterocycles. The number of benzene rings is 1. The highest BCUT2D eigenvalue weighted by atomic mass is 16.6. The first-order chi connectivity index (χ1) is 8.56. The molecule has 5 nitrogen and oxygen atoms in total. The van der Waals surface area contributed by atoms with Gasteiger partial charge in [-0.05, 0) is 31.0 Å². The maximum atomic E-state index is 11.8. The predicted octanol–water partition coefficient (Wildman–Crippen LogP) is 1.60. The van der Waals surface area contributed by atoms with E-state index in [9.17, 15) is 4.79 Å². The van der Waals surface area contributed by atoms with Crippen LogP contribution in [0, 0.1) is 13.8 Å². The number of amides is 1. The molecule has 0 radical (unpaired) electrons. The van der Waals surface area contributed by atoms with Gasteiger partial charge in [-0.2, -0.15) is 0 Å². The van der Waals surface area contributed by atoms with Crippen LogP contribution >= 0.6 is 0 Å². The van der Waals surface area contributed by atoms with Crippen molar-refractivity contribution in [3.63, 3.8) is 0 Å². The van der Waals surface area contributed by atoms with Crippen LogP contribution in [0.25, 0.3) is 0 Å². The van der Waals surface area contributed by atoms with E-state index in [1.165, 1.54) is 0 Å². The number of methoxy groups -OCH3 is 1. The highest BCUT2D eigenvalue weighted by Gasteiger charge is 2.34. The van der Waals surface area contributed by atoms with Crippen LogP contribution in [0.1, 0.15) is 11.1 Å². The summed E-state index contributed by atoms with van der Waals surface area (Å²) >= 11 is 0. The molecule has 0 bridgehead atoms. The summed E-state index contributed by atoms with van der Waals surface area (Å²) in [6.45, 7) is 4.74. The number of anilines is 1. The zero-order valence-electron chi connectivity index (χ0n) is 10.9. The van der Waals surface area contributed by atoms with E-state index in [0.29, 0.717) is 18.8 Å². The Morgan fingerprint density at radius 2 is 2.22 bits per heavy atom. The Kier molecular flexibility index (Phi) is 3.43. The number of nitrogens with two attached hydrogens (primary N) is 1. The van der Waals surface area contributed by atoms with E-state index in [4.69, 9.17) is 15.2 Å². The van der Waals surface area contributed by atoms with Crippen LogP contribution in [0.2, 0.25) is 0 Å². The highest BCUT2D eigenvalue weighted by molar-refractivity contribution is 5.92. The Hall–Kier alpha value is -1.75. The van der Waals surface area contributed by atoms with Crippen LogP contribution in [0.5, 0.6) is 5.75 Å². The van der Waals surface area contributed by atoms with E-state index in [2.05, 4.69) is 0 Å². The molecule has 0 spiro atoms. The summed E-state index contributed by atoms with van der Waals surface area (Å²) in [7, 11) is 1.60.